The minimum atomic E-state index is -0.560. The maximum absolute atomic E-state index is 13.5. The number of Topliss-reactive ketones (excluding diaryl/α,β-unsaturated/α-hetero) is 2. The maximum atomic E-state index is 13.5. The molecule has 0 saturated heterocycles. The van der Waals surface area contributed by atoms with E-state index in [0.29, 0.717) is 34.1 Å². The van der Waals surface area contributed by atoms with E-state index in [2.05, 4.69) is 4.98 Å². The lowest BCUT2D eigenvalue weighted by atomic mass is 10.0. The highest BCUT2D eigenvalue weighted by molar-refractivity contribution is 6.31. The summed E-state index contributed by atoms with van der Waals surface area (Å²) in [6.07, 6.45) is -0.0319. The second kappa shape index (κ2) is 10.2. The average molecular weight is 458 g/mol. The number of hydrogen-bond donors (Lipinski definition) is 0. The number of pyridine rings is 1. The summed E-state index contributed by atoms with van der Waals surface area (Å²) in [5.74, 6) is 0.273. The molecule has 3 rings (SSSR count). The molecule has 0 spiro atoms. The summed E-state index contributed by atoms with van der Waals surface area (Å²) in [6.45, 7) is 0. The maximum Gasteiger partial charge on any atom is 0.181 e. The second-order valence-electron chi connectivity index (χ2n) is 6.79. The van der Waals surface area contributed by atoms with Gasteiger partial charge in [-0.25, -0.2) is 9.37 Å². The second-order valence-corrected chi connectivity index (χ2v) is 7.20. The molecule has 0 radical (unpaired) electrons. The van der Waals surface area contributed by atoms with Gasteiger partial charge in [0.2, 0.25) is 0 Å². The number of ketones is 2. The SMILES string of the molecule is COc1ccc(C(=O)CCC(=O)c2ccc(OC)c(-c3ccc(F)c(Cl)c3)n2)cc1OC. The van der Waals surface area contributed by atoms with Crippen LogP contribution in [0.3, 0.4) is 0 Å². The highest BCUT2D eigenvalue weighted by Gasteiger charge is 2.17. The molecule has 0 aliphatic carbocycles. The van der Waals surface area contributed by atoms with Gasteiger partial charge in [0, 0.05) is 24.0 Å². The molecule has 0 aliphatic rings. The van der Waals surface area contributed by atoms with E-state index in [1.54, 1.807) is 24.3 Å². The zero-order valence-corrected chi connectivity index (χ0v) is 18.5. The Hall–Kier alpha value is -3.45. The molecule has 0 atom stereocenters. The number of hydrogen-bond acceptors (Lipinski definition) is 6. The number of aromatic nitrogens is 1. The lowest BCUT2D eigenvalue weighted by Gasteiger charge is -2.11. The van der Waals surface area contributed by atoms with Crippen LogP contribution < -0.4 is 14.2 Å². The monoisotopic (exact) mass is 457 g/mol. The quantitative estimate of drug-likeness (QED) is 0.400. The van der Waals surface area contributed by atoms with Crippen molar-refractivity contribution in [1.82, 2.24) is 4.98 Å². The summed E-state index contributed by atoms with van der Waals surface area (Å²) < 4.78 is 29.2. The van der Waals surface area contributed by atoms with Gasteiger partial charge in [0.1, 0.15) is 23.0 Å². The molecule has 166 valence electrons. The molecule has 3 aromatic rings. The molecule has 32 heavy (non-hydrogen) atoms. The zero-order chi connectivity index (χ0) is 23.3. The first-order valence-electron chi connectivity index (χ1n) is 9.66. The van der Waals surface area contributed by atoms with E-state index in [4.69, 9.17) is 25.8 Å². The van der Waals surface area contributed by atoms with Gasteiger partial charge in [-0.3, -0.25) is 9.59 Å². The van der Waals surface area contributed by atoms with E-state index in [-0.39, 0.29) is 35.1 Å². The van der Waals surface area contributed by atoms with Gasteiger partial charge in [0.25, 0.3) is 0 Å². The Morgan fingerprint density at radius 1 is 0.844 bits per heavy atom. The molecule has 1 aromatic heterocycles. The Balaban J connectivity index is 1.78. The third-order valence-corrected chi connectivity index (χ3v) is 5.13. The number of halogens is 2. The van der Waals surface area contributed by atoms with E-state index >= 15 is 0 Å². The van der Waals surface area contributed by atoms with Crippen molar-refractivity contribution in [3.63, 3.8) is 0 Å². The first-order valence-corrected chi connectivity index (χ1v) is 10.0. The summed E-state index contributed by atoms with van der Waals surface area (Å²) in [7, 11) is 4.46. The van der Waals surface area contributed by atoms with Gasteiger partial charge in [0.15, 0.2) is 23.1 Å². The topological polar surface area (TPSA) is 74.7 Å². The fourth-order valence-corrected chi connectivity index (χ4v) is 3.31. The van der Waals surface area contributed by atoms with Crippen LogP contribution in [0.25, 0.3) is 11.3 Å². The van der Waals surface area contributed by atoms with Crippen LogP contribution in [-0.4, -0.2) is 37.9 Å². The van der Waals surface area contributed by atoms with Gasteiger partial charge >= 0.3 is 0 Å². The van der Waals surface area contributed by atoms with Crippen molar-refractivity contribution in [1.29, 1.82) is 0 Å². The van der Waals surface area contributed by atoms with E-state index in [0.717, 1.165) is 0 Å². The van der Waals surface area contributed by atoms with Crippen molar-refractivity contribution in [2.75, 3.05) is 21.3 Å². The third-order valence-electron chi connectivity index (χ3n) is 4.84. The zero-order valence-electron chi connectivity index (χ0n) is 17.8. The number of rotatable bonds is 9. The Labute approximate surface area is 189 Å². The molecular formula is C24H21ClFNO5. The summed E-state index contributed by atoms with van der Waals surface area (Å²) >= 11 is 5.88. The van der Waals surface area contributed by atoms with Gasteiger partial charge in [0.05, 0.1) is 26.4 Å². The molecule has 6 nitrogen and oxygen atoms in total. The molecular weight excluding hydrogens is 437 g/mol. The summed E-state index contributed by atoms with van der Waals surface area (Å²) in [6, 6.07) is 12.1. The van der Waals surface area contributed by atoms with Crippen LogP contribution in [0.15, 0.2) is 48.5 Å². The molecule has 0 unspecified atom stereocenters. The van der Waals surface area contributed by atoms with E-state index in [1.807, 2.05) is 0 Å². The predicted molar refractivity (Wildman–Crippen MR) is 119 cm³/mol. The first-order chi connectivity index (χ1) is 15.4. The fraction of sp³-hybridized carbons (Fsp3) is 0.208. The molecule has 8 heteroatoms. The number of benzene rings is 2. The Kier molecular flexibility index (Phi) is 7.43. The molecule has 0 fully saturated rings. The minimum absolute atomic E-state index is 0.000263. The minimum Gasteiger partial charge on any atom is -0.494 e. The molecule has 0 bridgehead atoms. The van der Waals surface area contributed by atoms with Gasteiger partial charge < -0.3 is 14.2 Å². The van der Waals surface area contributed by atoms with Crippen LogP contribution in [-0.2, 0) is 0 Å². The summed E-state index contributed by atoms with van der Waals surface area (Å²) in [5.41, 5.74) is 1.44. The molecule has 1 heterocycles. The first kappa shape index (κ1) is 23.2. The molecule has 0 amide bonds. The van der Waals surface area contributed by atoms with Crippen LogP contribution in [0.2, 0.25) is 5.02 Å². The fourth-order valence-electron chi connectivity index (χ4n) is 3.13. The van der Waals surface area contributed by atoms with Crippen LogP contribution in [0.4, 0.5) is 4.39 Å². The molecule has 2 aromatic carbocycles. The van der Waals surface area contributed by atoms with Gasteiger partial charge in [-0.05, 0) is 48.5 Å². The van der Waals surface area contributed by atoms with Gasteiger partial charge in [-0.1, -0.05) is 11.6 Å². The van der Waals surface area contributed by atoms with E-state index < -0.39 is 5.82 Å². The number of nitrogens with zero attached hydrogens (tertiary/aromatic N) is 1. The molecule has 0 aliphatic heterocycles. The van der Waals surface area contributed by atoms with E-state index in [1.165, 1.54) is 45.6 Å². The lowest BCUT2D eigenvalue weighted by molar-refractivity contribution is 0.0915. The predicted octanol–water partition coefficient (Wildman–Crippen LogP) is 5.41. The average Bonchev–Trinajstić information content (AvgIpc) is 2.83. The summed E-state index contributed by atoms with van der Waals surface area (Å²) in [5, 5.41) is -0.0661. The van der Waals surface area contributed by atoms with Crippen molar-refractivity contribution in [2.45, 2.75) is 12.8 Å². The van der Waals surface area contributed by atoms with Crippen molar-refractivity contribution in [3.8, 4) is 28.5 Å². The van der Waals surface area contributed by atoms with Crippen molar-refractivity contribution in [2.24, 2.45) is 0 Å². The Bertz CT molecular complexity index is 1170. The van der Waals surface area contributed by atoms with Crippen molar-refractivity contribution >= 4 is 23.2 Å². The van der Waals surface area contributed by atoms with Crippen molar-refractivity contribution in [3.05, 3.63) is 70.6 Å². The molecule has 0 N–H and O–H groups in total. The lowest BCUT2D eigenvalue weighted by Crippen LogP contribution is -2.08. The van der Waals surface area contributed by atoms with Crippen molar-refractivity contribution < 1.29 is 28.2 Å². The number of methoxy groups -OCH3 is 3. The highest BCUT2D eigenvalue weighted by atomic mass is 35.5. The summed E-state index contributed by atoms with van der Waals surface area (Å²) in [4.78, 5) is 29.7. The largest absolute Gasteiger partial charge is 0.494 e. The number of ether oxygens (including phenoxy) is 3. The van der Waals surface area contributed by atoms with Crippen LogP contribution in [0, 0.1) is 5.82 Å². The molecule has 0 saturated carbocycles. The normalized spacial score (nSPS) is 10.5. The van der Waals surface area contributed by atoms with Crippen LogP contribution >= 0.6 is 11.6 Å². The Morgan fingerprint density at radius 2 is 1.50 bits per heavy atom. The van der Waals surface area contributed by atoms with Crippen LogP contribution in [0.5, 0.6) is 17.2 Å². The number of carbonyl (C=O) groups is 2. The Morgan fingerprint density at radius 3 is 2.16 bits per heavy atom. The standard InChI is InChI=1S/C24H21ClFNO5/c1-30-21-10-5-14(13-23(21)32-3)19(28)8-9-20(29)18-7-11-22(31-2)24(27-18)15-4-6-17(26)16(25)12-15/h4-7,10-13H,8-9H2,1-3H3. The van der Waals surface area contributed by atoms with Gasteiger partial charge in [-0.15, -0.1) is 0 Å². The smallest absolute Gasteiger partial charge is 0.181 e. The van der Waals surface area contributed by atoms with Gasteiger partial charge in [-0.2, -0.15) is 0 Å². The number of carbonyl (C=O) groups excluding carboxylic acids is 2. The van der Waals surface area contributed by atoms with E-state index in [9.17, 15) is 14.0 Å². The van der Waals surface area contributed by atoms with Crippen LogP contribution in [0.1, 0.15) is 33.7 Å². The highest BCUT2D eigenvalue weighted by Crippen LogP contribution is 2.31. The third kappa shape index (κ3) is 5.06.